The quantitative estimate of drug-likeness (QED) is 0.548. The largest absolute Gasteiger partial charge is 0.346 e. The molecule has 2 aromatic rings. The van der Waals surface area contributed by atoms with Crippen molar-refractivity contribution in [3.8, 4) is 0 Å². The molecule has 0 N–H and O–H groups in total. The Kier molecular flexibility index (Phi) is 3.36. The average Bonchev–Trinajstić information content (AvgIpc) is 2.64. The summed E-state index contributed by atoms with van der Waals surface area (Å²) >= 11 is 0. The summed E-state index contributed by atoms with van der Waals surface area (Å²) < 4.78 is 4.22. The lowest BCUT2D eigenvalue weighted by molar-refractivity contribution is 0.393. The van der Waals surface area contributed by atoms with Gasteiger partial charge in [-0.15, -0.1) is 5.10 Å². The Morgan fingerprint density at radius 3 is 2.00 bits per heavy atom. The highest BCUT2D eigenvalue weighted by molar-refractivity contribution is 4.74. The van der Waals surface area contributed by atoms with Gasteiger partial charge in [0.05, 0.1) is 6.20 Å². The van der Waals surface area contributed by atoms with Crippen LogP contribution in [0.4, 0.5) is 0 Å². The van der Waals surface area contributed by atoms with E-state index in [2.05, 4.69) is 24.9 Å². The Morgan fingerprint density at radius 2 is 1.82 bits per heavy atom. The Labute approximate surface area is 63.1 Å². The first-order chi connectivity index (χ1) is 5.50. The molecule has 0 amide bonds. The topological polar surface area (TPSA) is 64.7 Å². The van der Waals surface area contributed by atoms with Gasteiger partial charge >= 0.3 is 0 Å². The van der Waals surface area contributed by atoms with Crippen LogP contribution in [0.25, 0.3) is 0 Å². The highest BCUT2D eigenvalue weighted by atomic mass is 16.5. The predicted octanol–water partition coefficient (Wildman–Crippen LogP) is 0.546. The minimum Gasteiger partial charge on any atom is -0.346 e. The van der Waals surface area contributed by atoms with Crippen LogP contribution in [-0.2, 0) is 0 Å². The van der Waals surface area contributed by atoms with E-state index in [0.717, 1.165) is 0 Å². The molecule has 0 spiro atoms. The second-order valence-electron chi connectivity index (χ2n) is 1.49. The van der Waals surface area contributed by atoms with Crippen LogP contribution in [0.1, 0.15) is 0 Å². The molecule has 0 saturated carbocycles. The lowest BCUT2D eigenvalue weighted by atomic mass is 10.7. The summed E-state index contributed by atoms with van der Waals surface area (Å²) in [5, 5.41) is 6.40. The van der Waals surface area contributed by atoms with Crippen LogP contribution >= 0.6 is 0 Å². The standard InChI is InChI=1S/C4H4N2.C2H2N2O/c1-2-5-4-6-3-1;1-2-5-4-3-1/h1-4H;1-2H. The first-order valence-electron chi connectivity index (χ1n) is 2.91. The Balaban J connectivity index is 0.000000112. The van der Waals surface area contributed by atoms with E-state index in [-0.39, 0.29) is 0 Å². The van der Waals surface area contributed by atoms with Crippen molar-refractivity contribution >= 4 is 0 Å². The molecule has 0 aliphatic carbocycles. The summed E-state index contributed by atoms with van der Waals surface area (Å²) in [6.45, 7) is 0. The van der Waals surface area contributed by atoms with Crippen molar-refractivity contribution < 1.29 is 4.52 Å². The minimum absolute atomic E-state index is 1.40. The Hall–Kier alpha value is -1.78. The molecule has 0 aromatic carbocycles. The molecule has 0 unspecified atom stereocenters. The monoisotopic (exact) mass is 150 g/mol. The van der Waals surface area contributed by atoms with E-state index in [1.165, 1.54) is 18.8 Å². The third-order valence-corrected chi connectivity index (χ3v) is 0.760. The number of rotatable bonds is 0. The third-order valence-electron chi connectivity index (χ3n) is 0.760. The molecule has 0 aliphatic heterocycles. The zero-order valence-electron chi connectivity index (χ0n) is 5.66. The van der Waals surface area contributed by atoms with Crippen molar-refractivity contribution in [2.75, 3.05) is 0 Å². The van der Waals surface area contributed by atoms with Crippen molar-refractivity contribution in [1.82, 2.24) is 20.3 Å². The molecule has 0 radical (unpaired) electrons. The summed E-state index contributed by atoms with van der Waals surface area (Å²) in [6, 6.07) is 1.78. The van der Waals surface area contributed by atoms with Gasteiger partial charge in [-0.2, -0.15) is 0 Å². The molecule has 11 heavy (non-hydrogen) atoms. The van der Waals surface area contributed by atoms with E-state index in [4.69, 9.17) is 0 Å². The van der Waals surface area contributed by atoms with Gasteiger partial charge in [-0.3, -0.25) is 0 Å². The van der Waals surface area contributed by atoms with E-state index >= 15 is 0 Å². The third kappa shape index (κ3) is 3.74. The van der Waals surface area contributed by atoms with Crippen molar-refractivity contribution in [3.63, 3.8) is 0 Å². The zero-order valence-corrected chi connectivity index (χ0v) is 5.66. The van der Waals surface area contributed by atoms with Crippen LogP contribution in [0.5, 0.6) is 0 Å². The molecule has 2 aromatic heterocycles. The number of aromatic nitrogens is 4. The van der Waals surface area contributed by atoms with E-state index in [9.17, 15) is 0 Å². The summed E-state index contributed by atoms with van der Waals surface area (Å²) in [5.74, 6) is 0. The molecule has 5 heteroatoms. The molecule has 0 saturated heterocycles. The van der Waals surface area contributed by atoms with E-state index < -0.39 is 0 Å². The van der Waals surface area contributed by atoms with Gasteiger partial charge in [0.2, 0.25) is 0 Å². The van der Waals surface area contributed by atoms with Crippen molar-refractivity contribution in [1.29, 1.82) is 0 Å². The van der Waals surface area contributed by atoms with Crippen LogP contribution in [0.3, 0.4) is 0 Å². The van der Waals surface area contributed by atoms with Crippen molar-refractivity contribution in [3.05, 3.63) is 37.2 Å². The van der Waals surface area contributed by atoms with Gasteiger partial charge in [-0.05, 0) is 6.07 Å². The summed E-state index contributed by atoms with van der Waals surface area (Å²) in [7, 11) is 0. The second kappa shape index (κ2) is 5.04. The van der Waals surface area contributed by atoms with Crippen LogP contribution < -0.4 is 0 Å². The Morgan fingerprint density at radius 1 is 1.00 bits per heavy atom. The first-order valence-corrected chi connectivity index (χ1v) is 2.91. The molecule has 5 nitrogen and oxygen atoms in total. The summed E-state index contributed by atoms with van der Waals surface area (Å²) in [5.41, 5.74) is 0. The maximum atomic E-state index is 4.22. The molecular formula is C6H6N4O. The highest BCUT2D eigenvalue weighted by Gasteiger charge is 1.61. The highest BCUT2D eigenvalue weighted by Crippen LogP contribution is 1.66. The van der Waals surface area contributed by atoms with Gasteiger partial charge < -0.3 is 4.52 Å². The number of hydrogen-bond acceptors (Lipinski definition) is 5. The fraction of sp³-hybridized carbons (Fsp3) is 0. The lowest BCUT2D eigenvalue weighted by Gasteiger charge is -1.70. The number of hydrogen-bond donors (Lipinski definition) is 0. The van der Waals surface area contributed by atoms with Crippen molar-refractivity contribution in [2.24, 2.45) is 0 Å². The van der Waals surface area contributed by atoms with Crippen LogP contribution in [0, 0.1) is 0 Å². The van der Waals surface area contributed by atoms with Crippen molar-refractivity contribution in [2.45, 2.75) is 0 Å². The lowest BCUT2D eigenvalue weighted by Crippen LogP contribution is -1.66. The predicted molar refractivity (Wildman–Crippen MR) is 36.3 cm³/mol. The van der Waals surface area contributed by atoms with Gasteiger partial charge in [0, 0.05) is 17.7 Å². The zero-order chi connectivity index (χ0) is 7.78. The van der Waals surface area contributed by atoms with Crippen LogP contribution in [-0.4, -0.2) is 20.3 Å². The van der Waals surface area contributed by atoms with Gasteiger partial charge in [-0.25, -0.2) is 9.97 Å². The van der Waals surface area contributed by atoms with E-state index in [1.54, 1.807) is 18.5 Å². The molecule has 0 fully saturated rings. The second-order valence-corrected chi connectivity index (χ2v) is 1.49. The average molecular weight is 150 g/mol. The molecule has 0 atom stereocenters. The Bertz CT molecular complexity index is 200. The minimum atomic E-state index is 1.40. The molecule has 2 heterocycles. The smallest absolute Gasteiger partial charge is 0.144 e. The first kappa shape index (κ1) is 7.33. The molecule has 56 valence electrons. The van der Waals surface area contributed by atoms with Gasteiger partial charge in [0.15, 0.2) is 0 Å². The fourth-order valence-electron chi connectivity index (χ4n) is 0.389. The maximum Gasteiger partial charge on any atom is 0.144 e. The molecule has 0 aliphatic rings. The van der Waals surface area contributed by atoms with Gasteiger partial charge in [0.1, 0.15) is 12.6 Å². The maximum absolute atomic E-state index is 4.22. The van der Waals surface area contributed by atoms with E-state index in [0.29, 0.717) is 0 Å². The SMILES string of the molecule is c1cncnc1.c1conn1. The molecule has 0 bridgehead atoms. The normalized spacial score (nSPS) is 8.00. The number of nitrogens with zero attached hydrogens (tertiary/aromatic N) is 4. The van der Waals surface area contributed by atoms with Crippen LogP contribution in [0.2, 0.25) is 0 Å². The van der Waals surface area contributed by atoms with Gasteiger partial charge in [-0.1, -0.05) is 0 Å². The molecule has 2 rings (SSSR count). The van der Waals surface area contributed by atoms with Gasteiger partial charge in [0.25, 0.3) is 0 Å². The van der Waals surface area contributed by atoms with E-state index in [1.807, 2.05) is 0 Å². The summed E-state index contributed by atoms with van der Waals surface area (Å²) in [4.78, 5) is 7.35. The van der Waals surface area contributed by atoms with Crippen LogP contribution in [0.15, 0.2) is 41.8 Å². The fourth-order valence-corrected chi connectivity index (χ4v) is 0.389. The molecular weight excluding hydrogens is 144 g/mol. The summed E-state index contributed by atoms with van der Waals surface area (Å²) in [6.07, 6.45) is 7.75.